The summed E-state index contributed by atoms with van der Waals surface area (Å²) in [5.74, 6) is -0.00102. The van der Waals surface area contributed by atoms with Gasteiger partial charge < -0.3 is 0 Å². The second-order valence-corrected chi connectivity index (χ2v) is 5.34. The van der Waals surface area contributed by atoms with E-state index in [-0.39, 0.29) is 5.78 Å². The molecule has 0 heterocycles. The number of carbonyl (C=O) groups excluding carboxylic acids is 1. The number of halogens is 2. The quantitative estimate of drug-likeness (QED) is 0.411. The maximum atomic E-state index is 12.4. The molecule has 0 unspecified atom stereocenters. The zero-order chi connectivity index (χ0) is 13.7. The average Bonchev–Trinajstić information content (AvgIpc) is 2.49. The summed E-state index contributed by atoms with van der Waals surface area (Å²) in [4.78, 5) is 12.4. The smallest absolute Gasteiger partial charge is 0.200 e. The van der Waals surface area contributed by atoms with E-state index in [0.29, 0.717) is 15.4 Å². The first-order valence-corrected chi connectivity index (χ1v) is 7.75. The van der Waals surface area contributed by atoms with E-state index in [1.54, 1.807) is 0 Å². The van der Waals surface area contributed by atoms with Gasteiger partial charge in [-0.1, -0.05) is 76.6 Å². The van der Waals surface area contributed by atoms with Gasteiger partial charge in [-0.05, 0) is 27.1 Å². The zero-order valence-corrected chi connectivity index (χ0v) is 13.3. The summed E-state index contributed by atoms with van der Waals surface area (Å²) >= 11 is 6.90. The van der Waals surface area contributed by atoms with E-state index < -0.39 is 0 Å². The molecule has 0 spiro atoms. The Hall–Kier alpha value is -1.19. The zero-order valence-electron chi connectivity index (χ0n) is 10.1. The number of Topliss-reactive ketones (excluding diaryl/α,β-unsaturated/α-hetero) is 1. The van der Waals surface area contributed by atoms with Crippen LogP contribution in [0.15, 0.2) is 65.1 Å². The van der Waals surface area contributed by atoms with Crippen LogP contribution < -0.4 is 0 Å². The minimum Gasteiger partial charge on any atom is -0.288 e. The van der Waals surface area contributed by atoms with Crippen LogP contribution >= 0.6 is 31.9 Å². The molecule has 0 bridgehead atoms. The molecule has 2 aromatic carbocycles. The van der Waals surface area contributed by atoms with Gasteiger partial charge in [-0.25, -0.2) is 0 Å². The largest absolute Gasteiger partial charge is 0.288 e. The number of hydrogen-bond acceptors (Lipinski definition) is 1. The molecule has 0 amide bonds. The number of rotatable bonds is 4. The SMILES string of the molecule is O=C(C(Br)=C(CBr)c1ccccc1)c1ccccc1. The van der Waals surface area contributed by atoms with Crippen molar-refractivity contribution in [1.82, 2.24) is 0 Å². The first-order valence-electron chi connectivity index (χ1n) is 5.84. The summed E-state index contributed by atoms with van der Waals surface area (Å²) in [7, 11) is 0. The Morgan fingerprint density at radius 1 is 0.842 bits per heavy atom. The van der Waals surface area contributed by atoms with Crippen LogP contribution in [0.4, 0.5) is 0 Å². The maximum Gasteiger partial charge on any atom is 0.200 e. The minimum absolute atomic E-state index is 0.00102. The van der Waals surface area contributed by atoms with Crippen molar-refractivity contribution in [2.24, 2.45) is 0 Å². The van der Waals surface area contributed by atoms with Crippen LogP contribution in [-0.2, 0) is 0 Å². The van der Waals surface area contributed by atoms with Gasteiger partial charge in [-0.3, -0.25) is 4.79 Å². The Balaban J connectivity index is 2.42. The highest BCUT2D eigenvalue weighted by molar-refractivity contribution is 9.12. The summed E-state index contributed by atoms with van der Waals surface area (Å²) < 4.78 is 0.599. The van der Waals surface area contributed by atoms with Gasteiger partial charge in [0.25, 0.3) is 0 Å². The lowest BCUT2D eigenvalue weighted by Gasteiger charge is -2.08. The van der Waals surface area contributed by atoms with Crippen molar-refractivity contribution in [2.45, 2.75) is 0 Å². The van der Waals surface area contributed by atoms with Crippen LogP contribution in [0.3, 0.4) is 0 Å². The number of carbonyl (C=O) groups is 1. The summed E-state index contributed by atoms with van der Waals surface area (Å²) in [5.41, 5.74) is 2.67. The Morgan fingerprint density at radius 3 is 1.79 bits per heavy atom. The molecule has 0 saturated carbocycles. The molecule has 3 heteroatoms. The molecule has 0 aromatic heterocycles. The lowest BCUT2D eigenvalue weighted by molar-refractivity contribution is 0.104. The van der Waals surface area contributed by atoms with Crippen molar-refractivity contribution < 1.29 is 4.79 Å². The Bertz CT molecular complexity index is 589. The van der Waals surface area contributed by atoms with Crippen molar-refractivity contribution >= 4 is 43.2 Å². The third kappa shape index (κ3) is 3.43. The first kappa shape index (κ1) is 14.2. The van der Waals surface area contributed by atoms with Crippen molar-refractivity contribution in [2.75, 3.05) is 5.33 Å². The molecule has 0 aliphatic carbocycles. The monoisotopic (exact) mass is 378 g/mol. The predicted molar refractivity (Wildman–Crippen MR) is 86.9 cm³/mol. The highest BCUT2D eigenvalue weighted by Gasteiger charge is 2.15. The van der Waals surface area contributed by atoms with Gasteiger partial charge in [0.2, 0.25) is 0 Å². The van der Waals surface area contributed by atoms with Gasteiger partial charge in [-0.2, -0.15) is 0 Å². The number of alkyl halides is 1. The van der Waals surface area contributed by atoms with E-state index in [4.69, 9.17) is 0 Å². The van der Waals surface area contributed by atoms with Crippen LogP contribution in [0.1, 0.15) is 15.9 Å². The van der Waals surface area contributed by atoms with E-state index >= 15 is 0 Å². The fraction of sp³-hybridized carbons (Fsp3) is 0.0625. The molecule has 0 atom stereocenters. The van der Waals surface area contributed by atoms with Crippen molar-refractivity contribution in [3.05, 3.63) is 76.3 Å². The van der Waals surface area contributed by atoms with E-state index in [9.17, 15) is 4.79 Å². The van der Waals surface area contributed by atoms with Gasteiger partial charge >= 0.3 is 0 Å². The summed E-state index contributed by atoms with van der Waals surface area (Å²) in [5, 5.41) is 0.621. The Morgan fingerprint density at radius 2 is 1.32 bits per heavy atom. The second-order valence-electron chi connectivity index (χ2n) is 3.99. The minimum atomic E-state index is -0.00102. The summed E-state index contributed by atoms with van der Waals surface area (Å²) in [6.07, 6.45) is 0. The average molecular weight is 380 g/mol. The molecule has 0 saturated heterocycles. The fourth-order valence-electron chi connectivity index (χ4n) is 1.76. The lowest BCUT2D eigenvalue weighted by atomic mass is 10.0. The molecule has 1 nitrogen and oxygen atoms in total. The molecular weight excluding hydrogens is 368 g/mol. The van der Waals surface area contributed by atoms with Gasteiger partial charge in [0.15, 0.2) is 5.78 Å². The highest BCUT2D eigenvalue weighted by Crippen LogP contribution is 2.27. The highest BCUT2D eigenvalue weighted by atomic mass is 79.9. The molecule has 96 valence electrons. The third-order valence-electron chi connectivity index (χ3n) is 2.76. The predicted octanol–water partition coefficient (Wildman–Crippen LogP) is 5.07. The molecule has 2 aromatic rings. The van der Waals surface area contributed by atoms with E-state index in [1.165, 1.54) is 0 Å². The Labute approximate surface area is 129 Å². The number of hydrogen-bond donors (Lipinski definition) is 0. The Kier molecular flexibility index (Phi) is 5.11. The molecule has 19 heavy (non-hydrogen) atoms. The van der Waals surface area contributed by atoms with Crippen LogP contribution in [0.2, 0.25) is 0 Å². The van der Waals surface area contributed by atoms with E-state index in [2.05, 4.69) is 31.9 Å². The number of benzene rings is 2. The van der Waals surface area contributed by atoms with Crippen molar-refractivity contribution in [1.29, 1.82) is 0 Å². The number of allylic oxidation sites excluding steroid dienone is 2. The van der Waals surface area contributed by atoms with Crippen LogP contribution in [0.25, 0.3) is 5.57 Å². The van der Waals surface area contributed by atoms with Gasteiger partial charge in [0, 0.05) is 10.9 Å². The van der Waals surface area contributed by atoms with Gasteiger partial charge in [-0.15, -0.1) is 0 Å². The van der Waals surface area contributed by atoms with Crippen LogP contribution in [0, 0.1) is 0 Å². The fourth-order valence-corrected chi connectivity index (χ4v) is 3.33. The van der Waals surface area contributed by atoms with E-state index in [1.807, 2.05) is 60.7 Å². The molecule has 2 rings (SSSR count). The van der Waals surface area contributed by atoms with E-state index in [0.717, 1.165) is 11.1 Å². The maximum absolute atomic E-state index is 12.4. The van der Waals surface area contributed by atoms with Crippen LogP contribution in [-0.4, -0.2) is 11.1 Å². The summed E-state index contributed by atoms with van der Waals surface area (Å²) in [6.45, 7) is 0. The first-order chi connectivity index (χ1) is 9.24. The molecule has 0 fully saturated rings. The third-order valence-corrected chi connectivity index (χ3v) is 4.16. The molecule has 0 radical (unpaired) electrons. The molecule has 0 N–H and O–H groups in total. The van der Waals surface area contributed by atoms with Crippen molar-refractivity contribution in [3.63, 3.8) is 0 Å². The number of ketones is 1. The summed E-state index contributed by atoms with van der Waals surface area (Å²) in [6, 6.07) is 19.1. The van der Waals surface area contributed by atoms with Crippen molar-refractivity contribution in [3.8, 4) is 0 Å². The topological polar surface area (TPSA) is 17.1 Å². The van der Waals surface area contributed by atoms with Gasteiger partial charge in [0.1, 0.15) is 0 Å². The normalized spacial score (nSPS) is 11.9. The van der Waals surface area contributed by atoms with Crippen LogP contribution in [0.5, 0.6) is 0 Å². The molecular formula is C16H12Br2O. The molecule has 0 aliphatic heterocycles. The lowest BCUT2D eigenvalue weighted by Crippen LogP contribution is -2.02. The second kappa shape index (κ2) is 6.83. The molecule has 0 aliphatic rings. The van der Waals surface area contributed by atoms with Gasteiger partial charge in [0.05, 0.1) is 4.48 Å². The standard InChI is InChI=1S/C16H12Br2O/c17-11-14(12-7-3-1-4-8-12)15(18)16(19)13-9-5-2-6-10-13/h1-10H,11H2.